The number of rotatable bonds is 9. The molecule has 2 atom stereocenters. The van der Waals surface area contributed by atoms with Crippen molar-refractivity contribution in [1.82, 2.24) is 25.3 Å². The fourth-order valence-electron chi connectivity index (χ4n) is 5.03. The molecule has 3 rings (SSSR count). The molecule has 0 aliphatic carbocycles. The van der Waals surface area contributed by atoms with Crippen molar-refractivity contribution in [3.05, 3.63) is 29.8 Å². The predicted octanol–water partition coefficient (Wildman–Crippen LogP) is 1.89. The first kappa shape index (κ1) is 30.4. The minimum absolute atomic E-state index is 0.00384. The van der Waals surface area contributed by atoms with Crippen molar-refractivity contribution in [2.75, 3.05) is 46.4 Å². The van der Waals surface area contributed by atoms with E-state index < -0.39 is 23.5 Å². The van der Waals surface area contributed by atoms with Gasteiger partial charge in [0, 0.05) is 38.3 Å². The maximum Gasteiger partial charge on any atom is 0.258 e. The lowest BCUT2D eigenvalue weighted by molar-refractivity contribution is -0.145. The summed E-state index contributed by atoms with van der Waals surface area (Å²) in [5, 5.41) is 5.74. The smallest absolute Gasteiger partial charge is 0.258 e. The molecule has 0 aromatic heterocycles. The van der Waals surface area contributed by atoms with Crippen molar-refractivity contribution in [1.29, 1.82) is 0 Å². The Hall–Kier alpha value is -3.14. The summed E-state index contributed by atoms with van der Waals surface area (Å²) in [6.45, 7) is 12.8. The maximum absolute atomic E-state index is 13.8. The Bertz CT molecular complexity index is 1030. The van der Waals surface area contributed by atoms with Crippen LogP contribution in [0.5, 0.6) is 5.75 Å². The van der Waals surface area contributed by atoms with Gasteiger partial charge < -0.3 is 30.1 Å². The molecular weight excluding hydrogens is 498 g/mol. The minimum Gasteiger partial charge on any atom is -0.483 e. The van der Waals surface area contributed by atoms with Crippen LogP contribution in [0.2, 0.25) is 0 Å². The topological polar surface area (TPSA) is 111 Å². The molecule has 2 heterocycles. The molecule has 2 aliphatic rings. The molecule has 4 amide bonds. The number of nitrogens with zero attached hydrogens (tertiary/aromatic N) is 3. The molecule has 0 spiro atoms. The zero-order valence-electron chi connectivity index (χ0n) is 24.3. The number of ether oxygens (including phenoxy) is 1. The number of hydrogen-bond acceptors (Lipinski definition) is 6. The van der Waals surface area contributed by atoms with Crippen LogP contribution < -0.4 is 15.4 Å². The highest BCUT2D eigenvalue weighted by Gasteiger charge is 2.40. The van der Waals surface area contributed by atoms with Gasteiger partial charge in [0.1, 0.15) is 17.8 Å². The summed E-state index contributed by atoms with van der Waals surface area (Å²) in [6, 6.07) is 5.40. The summed E-state index contributed by atoms with van der Waals surface area (Å²) in [5.41, 5.74) is -0.157. The molecule has 0 saturated carbocycles. The van der Waals surface area contributed by atoms with Gasteiger partial charge in [-0.3, -0.25) is 19.2 Å². The average molecular weight is 544 g/mol. The number of likely N-dealkylation sites (N-methyl/N-ethyl adjacent to an activating group) is 1. The maximum atomic E-state index is 13.8. The van der Waals surface area contributed by atoms with Gasteiger partial charge in [-0.25, -0.2) is 0 Å². The number of amides is 4. The SMILES string of the molecule is CC(C)C[C@@H](NC(=O)c1ccccc1OCC(=O)NC(C)(C)C)C(=O)N1CCC[C@@H]1C(=O)N1CCN(C)CC1. The van der Waals surface area contributed by atoms with E-state index in [9.17, 15) is 19.2 Å². The standard InChI is InChI=1S/C29H45N5O5/c1-20(2)18-22(27(37)34-13-9-11-23(34)28(38)33-16-14-32(6)15-17-33)30-26(36)21-10-7-8-12-24(21)39-19-25(35)31-29(3,4)5/h7-8,10,12,20,22-23H,9,11,13-19H2,1-6H3,(H,30,36)(H,31,35)/t22-,23-/m1/s1. The Labute approximate surface area is 232 Å². The summed E-state index contributed by atoms with van der Waals surface area (Å²) < 4.78 is 5.69. The largest absolute Gasteiger partial charge is 0.483 e. The van der Waals surface area contributed by atoms with Crippen LogP contribution in [0.1, 0.15) is 64.2 Å². The summed E-state index contributed by atoms with van der Waals surface area (Å²) in [4.78, 5) is 58.5. The van der Waals surface area contributed by atoms with Crippen LogP contribution in [0.4, 0.5) is 0 Å². The lowest BCUT2D eigenvalue weighted by Crippen LogP contribution is -2.56. The van der Waals surface area contributed by atoms with E-state index in [1.165, 1.54) is 0 Å². The normalized spacial score (nSPS) is 19.1. The van der Waals surface area contributed by atoms with Crippen molar-refractivity contribution in [2.45, 2.75) is 71.5 Å². The van der Waals surface area contributed by atoms with Crippen LogP contribution in [-0.2, 0) is 14.4 Å². The number of hydrogen-bond donors (Lipinski definition) is 2. The molecule has 216 valence electrons. The highest BCUT2D eigenvalue weighted by molar-refractivity contribution is 6.00. The third kappa shape index (κ3) is 8.68. The Balaban J connectivity index is 1.71. The Kier molecular flexibility index (Phi) is 10.4. The van der Waals surface area contributed by atoms with Crippen LogP contribution in [-0.4, -0.2) is 102 Å². The zero-order valence-corrected chi connectivity index (χ0v) is 24.3. The number of nitrogens with one attached hydrogen (secondary N) is 2. The number of carbonyl (C=O) groups excluding carboxylic acids is 4. The van der Waals surface area contributed by atoms with Crippen LogP contribution >= 0.6 is 0 Å². The van der Waals surface area contributed by atoms with Crippen molar-refractivity contribution >= 4 is 23.6 Å². The lowest BCUT2D eigenvalue weighted by Gasteiger charge is -2.36. The lowest BCUT2D eigenvalue weighted by atomic mass is 10.0. The third-order valence-corrected chi connectivity index (χ3v) is 6.95. The van der Waals surface area contributed by atoms with Crippen LogP contribution in [0.3, 0.4) is 0 Å². The van der Waals surface area contributed by atoms with Crippen LogP contribution in [0, 0.1) is 5.92 Å². The minimum atomic E-state index is -0.782. The second kappa shape index (κ2) is 13.3. The summed E-state index contributed by atoms with van der Waals surface area (Å²) in [5.74, 6) is -0.584. The molecule has 10 heteroatoms. The van der Waals surface area contributed by atoms with E-state index in [1.807, 2.05) is 46.6 Å². The van der Waals surface area contributed by atoms with Crippen molar-refractivity contribution in [3.8, 4) is 5.75 Å². The highest BCUT2D eigenvalue weighted by atomic mass is 16.5. The van der Waals surface area contributed by atoms with Gasteiger partial charge in [-0.1, -0.05) is 26.0 Å². The summed E-state index contributed by atoms with van der Waals surface area (Å²) in [6.07, 6.45) is 1.83. The fourth-order valence-corrected chi connectivity index (χ4v) is 5.03. The molecule has 2 fully saturated rings. The number of benzene rings is 1. The third-order valence-electron chi connectivity index (χ3n) is 6.95. The average Bonchev–Trinajstić information content (AvgIpc) is 3.35. The van der Waals surface area contributed by atoms with E-state index in [2.05, 4.69) is 15.5 Å². The van der Waals surface area contributed by atoms with Gasteiger partial charge in [0.25, 0.3) is 11.8 Å². The second-order valence-corrected chi connectivity index (χ2v) is 12.1. The molecule has 2 N–H and O–H groups in total. The van der Waals surface area contributed by atoms with E-state index in [-0.39, 0.29) is 41.6 Å². The first-order valence-electron chi connectivity index (χ1n) is 14.0. The number of likely N-dealkylation sites (tertiary alicyclic amines) is 1. The number of piperazine rings is 1. The van der Waals surface area contributed by atoms with Crippen LogP contribution in [0.15, 0.2) is 24.3 Å². The number of carbonyl (C=O) groups is 4. The molecule has 0 unspecified atom stereocenters. The van der Waals surface area contributed by atoms with Gasteiger partial charge >= 0.3 is 0 Å². The quantitative estimate of drug-likeness (QED) is 0.492. The molecule has 1 aromatic rings. The van der Waals surface area contributed by atoms with E-state index in [1.54, 1.807) is 29.2 Å². The Morgan fingerprint density at radius 2 is 1.69 bits per heavy atom. The van der Waals surface area contributed by atoms with E-state index in [0.717, 1.165) is 19.5 Å². The van der Waals surface area contributed by atoms with Gasteiger partial charge in [-0.05, 0) is 65.1 Å². The Morgan fingerprint density at radius 3 is 2.33 bits per heavy atom. The first-order valence-corrected chi connectivity index (χ1v) is 14.0. The van der Waals surface area contributed by atoms with Crippen LogP contribution in [0.25, 0.3) is 0 Å². The Morgan fingerprint density at radius 1 is 1.03 bits per heavy atom. The van der Waals surface area contributed by atoms with Gasteiger partial charge in [0.05, 0.1) is 5.56 Å². The zero-order chi connectivity index (χ0) is 28.7. The van der Waals surface area contributed by atoms with Gasteiger partial charge in [0.15, 0.2) is 6.61 Å². The monoisotopic (exact) mass is 543 g/mol. The van der Waals surface area contributed by atoms with E-state index in [4.69, 9.17) is 4.74 Å². The fraction of sp³-hybridized carbons (Fsp3) is 0.655. The summed E-state index contributed by atoms with van der Waals surface area (Å²) >= 11 is 0. The number of para-hydroxylation sites is 1. The van der Waals surface area contributed by atoms with Gasteiger partial charge in [0.2, 0.25) is 11.8 Å². The molecular formula is C29H45N5O5. The summed E-state index contributed by atoms with van der Waals surface area (Å²) in [7, 11) is 2.04. The molecule has 0 bridgehead atoms. The molecule has 2 saturated heterocycles. The molecule has 0 radical (unpaired) electrons. The molecule has 39 heavy (non-hydrogen) atoms. The first-order chi connectivity index (χ1) is 18.4. The van der Waals surface area contributed by atoms with Gasteiger partial charge in [-0.15, -0.1) is 0 Å². The van der Waals surface area contributed by atoms with Crippen molar-refractivity contribution in [2.24, 2.45) is 5.92 Å². The highest BCUT2D eigenvalue weighted by Crippen LogP contribution is 2.24. The molecule has 1 aromatic carbocycles. The van der Waals surface area contributed by atoms with Crippen molar-refractivity contribution < 1.29 is 23.9 Å². The molecule has 10 nitrogen and oxygen atoms in total. The second-order valence-electron chi connectivity index (χ2n) is 12.1. The molecule has 2 aliphatic heterocycles. The van der Waals surface area contributed by atoms with E-state index in [0.29, 0.717) is 32.5 Å². The van der Waals surface area contributed by atoms with Crippen molar-refractivity contribution in [3.63, 3.8) is 0 Å². The van der Waals surface area contributed by atoms with E-state index >= 15 is 0 Å². The van der Waals surface area contributed by atoms with Gasteiger partial charge in [-0.2, -0.15) is 0 Å². The predicted molar refractivity (Wildman–Crippen MR) is 149 cm³/mol.